The van der Waals surface area contributed by atoms with Crippen molar-refractivity contribution in [2.45, 2.75) is 24.2 Å². The summed E-state index contributed by atoms with van der Waals surface area (Å²) in [6, 6.07) is 0. The highest BCUT2D eigenvalue weighted by atomic mass is 32.1. The van der Waals surface area contributed by atoms with Crippen LogP contribution < -0.4 is 0 Å². The summed E-state index contributed by atoms with van der Waals surface area (Å²) in [5.41, 5.74) is 5.91. The molecule has 186 valence electrons. The number of azide groups is 1. The van der Waals surface area contributed by atoms with Crippen molar-refractivity contribution in [2.75, 3.05) is 6.61 Å². The fourth-order valence-electron chi connectivity index (χ4n) is 2.39. The summed E-state index contributed by atoms with van der Waals surface area (Å²) in [5, 5.41) is 13.2. The zero-order valence-electron chi connectivity index (χ0n) is 15.3. The minimum absolute atomic E-state index is 0.397. The van der Waals surface area contributed by atoms with E-state index in [-0.39, 0.29) is 0 Å². The molecular weight excluding hydrogens is 565 g/mol. The largest absolute Gasteiger partial charge is 0.490 e. The number of alkyl halides is 1. The van der Waals surface area contributed by atoms with Crippen molar-refractivity contribution in [3.8, 4) is 0 Å². The van der Waals surface area contributed by atoms with Gasteiger partial charge in [-0.15, -0.1) is 0 Å². The lowest BCUT2D eigenvalue weighted by atomic mass is 10.1. The summed E-state index contributed by atoms with van der Waals surface area (Å²) in [7, 11) is -17.3. The van der Waals surface area contributed by atoms with Crippen LogP contribution in [0.15, 0.2) is 11.3 Å². The number of aromatic amines is 1. The summed E-state index contributed by atoms with van der Waals surface area (Å²) in [6.07, 6.45) is -6.36. The van der Waals surface area contributed by atoms with Crippen LogP contribution in [0.5, 0.6) is 0 Å². The fraction of sp³-hybridized carbons (Fsp3) is 0.556. The molecule has 2 rings (SSSR count). The number of nitrogens with one attached hydrogen (secondary N) is 1. The van der Waals surface area contributed by atoms with Gasteiger partial charge in [0.15, 0.2) is 23.0 Å². The Bertz CT molecular complexity index is 1230. The molecule has 0 radical (unpaired) electrons. The molecule has 1 aliphatic heterocycles. The maximum Gasteiger partial charge on any atom is 0.490 e. The maximum absolute atomic E-state index is 14.8. The lowest BCUT2D eigenvalue weighted by Crippen LogP contribution is -2.44. The molecule has 1 aromatic heterocycles. The predicted octanol–water partition coefficient (Wildman–Crippen LogP) is 1.99. The standard InChI is InChI=1S/C9H12F2N5O12P3S2/c10-3-1-16(8(33)13-6(3)32)7-4(11)5(17)9(26-7,14-15-12)2-25-30(21,22)28-31(23,24)27-29(18,19)20/h1,4-5,7,17H,2H2,(H,21,22)(H,23,24)(H,13,32,33)(H2,18,19,20)/t4-,5?,7+,9+/m0/s1. The summed E-state index contributed by atoms with van der Waals surface area (Å²) < 4.78 is 78.6. The fourth-order valence-corrected chi connectivity index (χ4v) is 5.91. The lowest BCUT2D eigenvalue weighted by Gasteiger charge is -2.27. The molecule has 6 atom stereocenters. The van der Waals surface area contributed by atoms with Gasteiger partial charge in [0, 0.05) is 11.1 Å². The number of aliphatic hydroxyl groups excluding tert-OH is 1. The van der Waals surface area contributed by atoms with Crippen molar-refractivity contribution in [1.29, 1.82) is 0 Å². The van der Waals surface area contributed by atoms with Crippen LogP contribution in [-0.4, -0.2) is 58.8 Å². The van der Waals surface area contributed by atoms with Gasteiger partial charge in [0.1, 0.15) is 10.7 Å². The van der Waals surface area contributed by atoms with E-state index in [2.05, 4.69) is 40.4 Å². The summed E-state index contributed by atoms with van der Waals surface area (Å²) in [5.74, 6) is -1.08. The highest BCUT2D eigenvalue weighted by molar-refractivity contribution is 7.72. The molecule has 6 N–H and O–H groups in total. The Hall–Kier alpha value is -0.980. The van der Waals surface area contributed by atoms with Crippen molar-refractivity contribution in [3.63, 3.8) is 0 Å². The third-order valence-corrected chi connectivity index (χ3v) is 8.02. The number of aromatic nitrogens is 2. The molecule has 0 aliphatic carbocycles. The Labute approximate surface area is 190 Å². The van der Waals surface area contributed by atoms with Crippen molar-refractivity contribution in [2.24, 2.45) is 5.11 Å². The molecule has 0 spiro atoms. The van der Waals surface area contributed by atoms with Crippen LogP contribution in [0.2, 0.25) is 0 Å². The molecule has 1 saturated heterocycles. The molecular formula is C9H12F2N5O12P3S2. The minimum atomic E-state index is -5.89. The van der Waals surface area contributed by atoms with Crippen molar-refractivity contribution < 1.29 is 65.0 Å². The summed E-state index contributed by atoms with van der Waals surface area (Å²) in [6.45, 7) is -1.53. The molecule has 3 unspecified atom stereocenters. The van der Waals surface area contributed by atoms with Crippen LogP contribution in [0.4, 0.5) is 8.78 Å². The number of aliphatic hydroxyl groups is 1. The second kappa shape index (κ2) is 9.94. The topological polar surface area (TPSA) is 259 Å². The van der Waals surface area contributed by atoms with E-state index in [0.29, 0.717) is 10.8 Å². The molecule has 1 aliphatic rings. The second-order valence-electron chi connectivity index (χ2n) is 5.94. The first-order valence-corrected chi connectivity index (χ1v) is 13.1. The molecule has 0 aromatic carbocycles. The van der Waals surface area contributed by atoms with E-state index in [0.717, 1.165) is 0 Å². The van der Waals surface area contributed by atoms with E-state index in [1.807, 2.05) is 0 Å². The van der Waals surface area contributed by atoms with Crippen LogP contribution >= 0.6 is 47.9 Å². The molecule has 2 heterocycles. The van der Waals surface area contributed by atoms with E-state index < -0.39 is 69.5 Å². The van der Waals surface area contributed by atoms with Gasteiger partial charge in [-0.25, -0.2) is 22.5 Å². The van der Waals surface area contributed by atoms with E-state index >= 15 is 0 Å². The molecule has 0 saturated carbocycles. The van der Waals surface area contributed by atoms with Crippen LogP contribution in [0.3, 0.4) is 0 Å². The van der Waals surface area contributed by atoms with Gasteiger partial charge in [0.2, 0.25) is 5.72 Å². The predicted molar refractivity (Wildman–Crippen MR) is 103 cm³/mol. The van der Waals surface area contributed by atoms with Crippen LogP contribution in [-0.2, 0) is 31.6 Å². The molecule has 0 bridgehead atoms. The Morgan fingerprint density at radius 3 is 2.42 bits per heavy atom. The smallest absolute Gasteiger partial charge is 0.387 e. The zero-order valence-corrected chi connectivity index (χ0v) is 19.6. The van der Waals surface area contributed by atoms with Crippen LogP contribution in [0.25, 0.3) is 10.4 Å². The second-order valence-corrected chi connectivity index (χ2v) is 11.2. The average molecular weight is 577 g/mol. The molecule has 24 heteroatoms. The Morgan fingerprint density at radius 2 is 1.88 bits per heavy atom. The van der Waals surface area contributed by atoms with Gasteiger partial charge in [-0.2, -0.15) is 8.62 Å². The van der Waals surface area contributed by atoms with Gasteiger partial charge < -0.3 is 34.4 Å². The van der Waals surface area contributed by atoms with Gasteiger partial charge in [-0.1, -0.05) is 17.3 Å². The van der Waals surface area contributed by atoms with Gasteiger partial charge in [-0.3, -0.25) is 9.09 Å². The number of hydrogen-bond acceptors (Lipinski definition) is 11. The minimum Gasteiger partial charge on any atom is -0.387 e. The Morgan fingerprint density at radius 1 is 1.27 bits per heavy atom. The van der Waals surface area contributed by atoms with Gasteiger partial charge in [-0.05, 0) is 17.7 Å². The first-order valence-electron chi connectivity index (χ1n) is 7.77. The third kappa shape index (κ3) is 7.02. The van der Waals surface area contributed by atoms with Gasteiger partial charge in [0.05, 0.1) is 6.61 Å². The number of halogens is 2. The SMILES string of the molecule is [N-]=[N+]=N[C@]1(COP(=O)(O)OP(=O)(O)OP(=O)(O)O)O[C@@H](n2cc(F)c(=S)[nH]c2=S)[C@@H](F)C1O. The number of rotatable bonds is 9. The highest BCUT2D eigenvalue weighted by Gasteiger charge is 2.57. The van der Waals surface area contributed by atoms with Crippen molar-refractivity contribution in [1.82, 2.24) is 9.55 Å². The average Bonchev–Trinajstić information content (AvgIpc) is 2.86. The van der Waals surface area contributed by atoms with E-state index in [9.17, 15) is 32.5 Å². The number of nitrogens with zero attached hydrogens (tertiary/aromatic N) is 4. The lowest BCUT2D eigenvalue weighted by molar-refractivity contribution is -0.122. The first kappa shape index (κ1) is 28.3. The number of phosphoric ester groups is 1. The van der Waals surface area contributed by atoms with Gasteiger partial charge >= 0.3 is 23.5 Å². The van der Waals surface area contributed by atoms with Crippen LogP contribution in [0, 0.1) is 15.2 Å². The maximum atomic E-state index is 14.8. The van der Waals surface area contributed by atoms with E-state index in [1.165, 1.54) is 0 Å². The molecule has 0 amide bonds. The molecule has 1 aromatic rings. The molecule has 1 fully saturated rings. The highest BCUT2D eigenvalue weighted by Crippen LogP contribution is 2.66. The number of hydrogen-bond donors (Lipinski definition) is 6. The summed E-state index contributed by atoms with van der Waals surface area (Å²) >= 11 is 9.48. The van der Waals surface area contributed by atoms with Crippen LogP contribution in [0.1, 0.15) is 6.23 Å². The zero-order chi connectivity index (χ0) is 25.4. The Balaban J connectivity index is 2.32. The van der Waals surface area contributed by atoms with E-state index in [4.69, 9.17) is 37.2 Å². The van der Waals surface area contributed by atoms with Crippen molar-refractivity contribution in [3.05, 3.63) is 31.9 Å². The van der Waals surface area contributed by atoms with Gasteiger partial charge in [0.25, 0.3) is 0 Å². The van der Waals surface area contributed by atoms with E-state index in [1.54, 1.807) is 0 Å². The molecule has 33 heavy (non-hydrogen) atoms. The normalized spacial score (nSPS) is 29.1. The number of ether oxygens (including phenoxy) is 1. The Kier molecular flexibility index (Phi) is 8.52. The first-order chi connectivity index (χ1) is 14.9. The molecule has 17 nitrogen and oxygen atoms in total. The number of phosphoric acid groups is 3. The monoisotopic (exact) mass is 577 g/mol. The number of H-pyrrole nitrogens is 1. The third-order valence-electron chi connectivity index (χ3n) is 3.62. The van der Waals surface area contributed by atoms with Crippen molar-refractivity contribution >= 4 is 47.9 Å². The quantitative estimate of drug-likeness (QED) is 0.0806. The summed E-state index contributed by atoms with van der Waals surface area (Å²) in [4.78, 5) is 40.1.